The van der Waals surface area contributed by atoms with Crippen molar-refractivity contribution in [1.29, 1.82) is 0 Å². The van der Waals surface area contributed by atoms with Gasteiger partial charge in [0.2, 0.25) is 0 Å². The van der Waals surface area contributed by atoms with Gasteiger partial charge in [0.15, 0.2) is 6.29 Å². The SMILES string of the molecule is COc1ccccc1C(O)CCC1OCCCO1. The number of benzene rings is 1. The van der Waals surface area contributed by atoms with Gasteiger partial charge < -0.3 is 19.3 Å². The molecule has 0 spiro atoms. The number of methoxy groups -OCH3 is 1. The predicted molar refractivity (Wildman–Crippen MR) is 67.5 cm³/mol. The highest BCUT2D eigenvalue weighted by Crippen LogP contribution is 2.28. The zero-order valence-corrected chi connectivity index (χ0v) is 10.7. The summed E-state index contributed by atoms with van der Waals surface area (Å²) in [6.07, 6.45) is 1.52. The van der Waals surface area contributed by atoms with E-state index in [1.165, 1.54) is 0 Å². The van der Waals surface area contributed by atoms with Crippen LogP contribution in [0, 0.1) is 0 Å². The lowest BCUT2D eigenvalue weighted by Crippen LogP contribution is -2.25. The Balaban J connectivity index is 1.88. The Morgan fingerprint density at radius 1 is 1.33 bits per heavy atom. The highest BCUT2D eigenvalue weighted by atomic mass is 16.7. The van der Waals surface area contributed by atoms with Crippen LogP contribution in [0.15, 0.2) is 24.3 Å². The minimum atomic E-state index is -0.546. The van der Waals surface area contributed by atoms with Crippen LogP contribution in [0.1, 0.15) is 30.9 Å². The summed E-state index contributed by atoms with van der Waals surface area (Å²) in [6, 6.07) is 7.52. The molecule has 100 valence electrons. The standard InChI is InChI=1S/C14H20O4/c1-16-13-6-3-2-5-11(13)12(15)7-8-14-17-9-4-10-18-14/h2-3,5-6,12,14-15H,4,7-10H2,1H3. The van der Waals surface area contributed by atoms with Crippen molar-refractivity contribution in [2.75, 3.05) is 20.3 Å². The first-order chi connectivity index (χ1) is 8.81. The van der Waals surface area contributed by atoms with E-state index in [1.54, 1.807) is 7.11 Å². The fraction of sp³-hybridized carbons (Fsp3) is 0.571. The Bertz CT molecular complexity index is 361. The van der Waals surface area contributed by atoms with E-state index in [4.69, 9.17) is 14.2 Å². The molecule has 4 nitrogen and oxygen atoms in total. The van der Waals surface area contributed by atoms with Crippen molar-refractivity contribution in [2.24, 2.45) is 0 Å². The Kier molecular flexibility index (Phi) is 4.99. The van der Waals surface area contributed by atoms with Gasteiger partial charge in [-0.1, -0.05) is 18.2 Å². The normalized spacial score (nSPS) is 18.6. The van der Waals surface area contributed by atoms with E-state index in [9.17, 15) is 5.11 Å². The Morgan fingerprint density at radius 3 is 2.78 bits per heavy atom. The van der Waals surface area contributed by atoms with Crippen LogP contribution in [-0.4, -0.2) is 31.7 Å². The van der Waals surface area contributed by atoms with E-state index < -0.39 is 6.10 Å². The van der Waals surface area contributed by atoms with Gasteiger partial charge in [-0.05, 0) is 18.9 Å². The van der Waals surface area contributed by atoms with Crippen molar-refractivity contribution < 1.29 is 19.3 Å². The van der Waals surface area contributed by atoms with Crippen LogP contribution in [0.4, 0.5) is 0 Å². The molecule has 1 N–H and O–H groups in total. The van der Waals surface area contributed by atoms with Gasteiger partial charge in [-0.15, -0.1) is 0 Å². The molecule has 0 radical (unpaired) electrons. The van der Waals surface area contributed by atoms with Crippen LogP contribution in [0.2, 0.25) is 0 Å². The van der Waals surface area contributed by atoms with Crippen LogP contribution in [-0.2, 0) is 9.47 Å². The number of ether oxygens (including phenoxy) is 3. The average Bonchev–Trinajstić information content (AvgIpc) is 2.45. The first kappa shape index (κ1) is 13.3. The molecule has 1 aliphatic rings. The van der Waals surface area contributed by atoms with Crippen LogP contribution < -0.4 is 4.74 Å². The second-order valence-corrected chi connectivity index (χ2v) is 4.36. The quantitative estimate of drug-likeness (QED) is 0.873. The van der Waals surface area contributed by atoms with Crippen molar-refractivity contribution >= 4 is 0 Å². The lowest BCUT2D eigenvalue weighted by molar-refractivity contribution is -0.183. The lowest BCUT2D eigenvalue weighted by atomic mass is 10.0. The summed E-state index contributed by atoms with van der Waals surface area (Å²) >= 11 is 0. The monoisotopic (exact) mass is 252 g/mol. The van der Waals surface area contributed by atoms with Gasteiger partial charge in [-0.2, -0.15) is 0 Å². The third kappa shape index (κ3) is 3.45. The largest absolute Gasteiger partial charge is 0.496 e. The summed E-state index contributed by atoms with van der Waals surface area (Å²) in [5.74, 6) is 0.718. The molecule has 4 heteroatoms. The summed E-state index contributed by atoms with van der Waals surface area (Å²) in [5, 5.41) is 10.2. The molecule has 0 aliphatic carbocycles. The molecule has 1 unspecified atom stereocenters. The van der Waals surface area contributed by atoms with Gasteiger partial charge in [0.1, 0.15) is 5.75 Å². The number of para-hydroxylation sites is 1. The molecule has 1 atom stereocenters. The maximum Gasteiger partial charge on any atom is 0.157 e. The van der Waals surface area contributed by atoms with Gasteiger partial charge in [0.25, 0.3) is 0 Å². The highest BCUT2D eigenvalue weighted by molar-refractivity contribution is 5.34. The van der Waals surface area contributed by atoms with Gasteiger partial charge in [-0.3, -0.25) is 0 Å². The Hall–Kier alpha value is -1.10. The molecule has 1 heterocycles. The average molecular weight is 252 g/mol. The molecule has 1 fully saturated rings. The van der Waals surface area contributed by atoms with E-state index in [2.05, 4.69) is 0 Å². The zero-order valence-electron chi connectivity index (χ0n) is 10.7. The van der Waals surface area contributed by atoms with Crippen molar-refractivity contribution in [1.82, 2.24) is 0 Å². The van der Waals surface area contributed by atoms with Gasteiger partial charge in [0.05, 0.1) is 26.4 Å². The smallest absolute Gasteiger partial charge is 0.157 e. The molecule has 0 bridgehead atoms. The number of rotatable bonds is 5. The number of hydrogen-bond donors (Lipinski definition) is 1. The van der Waals surface area contributed by atoms with Crippen molar-refractivity contribution in [3.05, 3.63) is 29.8 Å². The molecule has 1 aromatic rings. The third-order valence-corrected chi connectivity index (χ3v) is 3.07. The molecule has 1 aromatic carbocycles. The minimum Gasteiger partial charge on any atom is -0.496 e. The van der Waals surface area contributed by atoms with Gasteiger partial charge in [-0.25, -0.2) is 0 Å². The molecule has 18 heavy (non-hydrogen) atoms. The molecule has 2 rings (SSSR count). The van der Waals surface area contributed by atoms with Crippen LogP contribution in [0.25, 0.3) is 0 Å². The molecule has 0 saturated carbocycles. The molecular formula is C14H20O4. The Morgan fingerprint density at radius 2 is 2.06 bits per heavy atom. The topological polar surface area (TPSA) is 47.9 Å². The fourth-order valence-corrected chi connectivity index (χ4v) is 2.09. The summed E-state index contributed by atoms with van der Waals surface area (Å²) in [6.45, 7) is 1.49. The molecule has 1 aliphatic heterocycles. The third-order valence-electron chi connectivity index (χ3n) is 3.07. The minimum absolute atomic E-state index is 0.178. The zero-order chi connectivity index (χ0) is 12.8. The second-order valence-electron chi connectivity index (χ2n) is 4.36. The van der Waals surface area contributed by atoms with E-state index in [0.29, 0.717) is 12.8 Å². The van der Waals surface area contributed by atoms with E-state index >= 15 is 0 Å². The maximum atomic E-state index is 10.2. The first-order valence-corrected chi connectivity index (χ1v) is 6.35. The summed E-state index contributed by atoms with van der Waals surface area (Å²) in [4.78, 5) is 0. The van der Waals surface area contributed by atoms with Crippen molar-refractivity contribution in [3.63, 3.8) is 0 Å². The van der Waals surface area contributed by atoms with Crippen LogP contribution >= 0.6 is 0 Å². The van der Waals surface area contributed by atoms with Crippen molar-refractivity contribution in [2.45, 2.75) is 31.7 Å². The molecular weight excluding hydrogens is 232 g/mol. The number of aliphatic hydroxyl groups excluding tert-OH is 1. The fourth-order valence-electron chi connectivity index (χ4n) is 2.09. The molecule has 0 amide bonds. The summed E-state index contributed by atoms with van der Waals surface area (Å²) in [7, 11) is 1.61. The predicted octanol–water partition coefficient (Wildman–Crippen LogP) is 2.27. The van der Waals surface area contributed by atoms with Gasteiger partial charge >= 0.3 is 0 Å². The second kappa shape index (κ2) is 6.73. The van der Waals surface area contributed by atoms with E-state index in [-0.39, 0.29) is 6.29 Å². The highest BCUT2D eigenvalue weighted by Gasteiger charge is 2.18. The van der Waals surface area contributed by atoms with Crippen LogP contribution in [0.5, 0.6) is 5.75 Å². The van der Waals surface area contributed by atoms with E-state index in [0.717, 1.165) is 30.9 Å². The summed E-state index contributed by atoms with van der Waals surface area (Å²) < 4.78 is 16.1. The summed E-state index contributed by atoms with van der Waals surface area (Å²) in [5.41, 5.74) is 0.816. The van der Waals surface area contributed by atoms with Gasteiger partial charge in [0, 0.05) is 12.0 Å². The molecule has 1 saturated heterocycles. The van der Waals surface area contributed by atoms with E-state index in [1.807, 2.05) is 24.3 Å². The van der Waals surface area contributed by atoms with Crippen LogP contribution in [0.3, 0.4) is 0 Å². The number of aliphatic hydroxyl groups is 1. The lowest BCUT2D eigenvalue weighted by Gasteiger charge is -2.24. The van der Waals surface area contributed by atoms with Crippen molar-refractivity contribution in [3.8, 4) is 5.75 Å². The maximum absolute atomic E-state index is 10.2. The number of hydrogen-bond acceptors (Lipinski definition) is 4. The Labute approximate surface area is 107 Å². The first-order valence-electron chi connectivity index (χ1n) is 6.35. The molecule has 0 aromatic heterocycles.